The van der Waals surface area contributed by atoms with Gasteiger partial charge in [-0.15, -0.1) is 0 Å². The second-order valence-electron chi connectivity index (χ2n) is 4.07. The highest BCUT2D eigenvalue weighted by molar-refractivity contribution is 5.80. The zero-order valence-electron chi connectivity index (χ0n) is 10.8. The normalized spacial score (nSPS) is 10.0. The third kappa shape index (κ3) is 4.89. The Balaban J connectivity index is 2.36. The van der Waals surface area contributed by atoms with Crippen molar-refractivity contribution >= 4 is 11.6 Å². The summed E-state index contributed by atoms with van der Waals surface area (Å²) in [6.45, 7) is 5.34. The van der Waals surface area contributed by atoms with Crippen molar-refractivity contribution in [1.29, 1.82) is 0 Å². The van der Waals surface area contributed by atoms with Crippen LogP contribution in [0.1, 0.15) is 32.3 Å². The standard InChI is InChI=1S/C14H22N2O/c1-3-5-10-15-14(17)11-16-13-9-7-6-8-12(13)4-2/h6-9,16H,3-5,10-11H2,1-2H3,(H,15,17). The average molecular weight is 234 g/mol. The molecule has 0 saturated heterocycles. The fourth-order valence-electron chi connectivity index (χ4n) is 1.64. The summed E-state index contributed by atoms with van der Waals surface area (Å²) < 4.78 is 0. The van der Waals surface area contributed by atoms with Crippen LogP contribution in [-0.2, 0) is 11.2 Å². The lowest BCUT2D eigenvalue weighted by Gasteiger charge is -2.10. The number of hydrogen-bond donors (Lipinski definition) is 2. The summed E-state index contributed by atoms with van der Waals surface area (Å²) in [7, 11) is 0. The molecule has 0 aromatic heterocycles. The van der Waals surface area contributed by atoms with E-state index in [0.29, 0.717) is 6.54 Å². The Kier molecular flexibility index (Phi) is 6.15. The van der Waals surface area contributed by atoms with Gasteiger partial charge in [0.1, 0.15) is 0 Å². The molecule has 0 spiro atoms. The Bertz CT molecular complexity index is 350. The largest absolute Gasteiger partial charge is 0.376 e. The van der Waals surface area contributed by atoms with Crippen molar-refractivity contribution in [1.82, 2.24) is 5.32 Å². The van der Waals surface area contributed by atoms with Crippen molar-refractivity contribution in [2.24, 2.45) is 0 Å². The van der Waals surface area contributed by atoms with Gasteiger partial charge in [0, 0.05) is 12.2 Å². The molecule has 0 aliphatic carbocycles. The van der Waals surface area contributed by atoms with E-state index in [1.165, 1.54) is 5.56 Å². The quantitative estimate of drug-likeness (QED) is 0.712. The maximum atomic E-state index is 11.5. The zero-order chi connectivity index (χ0) is 12.5. The molecule has 0 saturated carbocycles. The highest BCUT2D eigenvalue weighted by atomic mass is 16.1. The first-order chi connectivity index (χ1) is 8.27. The number of anilines is 1. The molecule has 1 aromatic carbocycles. The third-order valence-corrected chi connectivity index (χ3v) is 2.69. The van der Waals surface area contributed by atoms with Gasteiger partial charge in [-0.1, -0.05) is 38.5 Å². The van der Waals surface area contributed by atoms with Crippen LogP contribution in [0.3, 0.4) is 0 Å². The summed E-state index contributed by atoms with van der Waals surface area (Å²) in [5.41, 5.74) is 2.30. The van der Waals surface area contributed by atoms with E-state index in [4.69, 9.17) is 0 Å². The maximum Gasteiger partial charge on any atom is 0.239 e. The smallest absolute Gasteiger partial charge is 0.239 e. The van der Waals surface area contributed by atoms with Gasteiger partial charge in [-0.05, 0) is 24.5 Å². The molecule has 0 bridgehead atoms. The first-order valence-corrected chi connectivity index (χ1v) is 6.36. The summed E-state index contributed by atoms with van der Waals surface area (Å²) in [6.07, 6.45) is 3.12. The van der Waals surface area contributed by atoms with Crippen molar-refractivity contribution in [3.63, 3.8) is 0 Å². The highest BCUT2D eigenvalue weighted by Gasteiger charge is 2.02. The van der Waals surface area contributed by atoms with Crippen LogP contribution in [0.2, 0.25) is 0 Å². The number of amides is 1. The fourth-order valence-corrected chi connectivity index (χ4v) is 1.64. The summed E-state index contributed by atoms with van der Waals surface area (Å²) in [5.74, 6) is 0.0596. The number of hydrogen-bond acceptors (Lipinski definition) is 2. The van der Waals surface area contributed by atoms with Crippen LogP contribution >= 0.6 is 0 Å². The lowest BCUT2D eigenvalue weighted by atomic mass is 10.1. The second kappa shape index (κ2) is 7.71. The van der Waals surface area contributed by atoms with Gasteiger partial charge in [0.05, 0.1) is 6.54 Å². The van der Waals surface area contributed by atoms with Crippen molar-refractivity contribution < 1.29 is 4.79 Å². The molecule has 94 valence electrons. The predicted molar refractivity (Wildman–Crippen MR) is 72.2 cm³/mol. The van der Waals surface area contributed by atoms with Crippen LogP contribution in [0, 0.1) is 0 Å². The highest BCUT2D eigenvalue weighted by Crippen LogP contribution is 2.14. The van der Waals surface area contributed by atoms with Gasteiger partial charge < -0.3 is 10.6 Å². The van der Waals surface area contributed by atoms with Gasteiger partial charge in [-0.3, -0.25) is 4.79 Å². The Morgan fingerprint density at radius 2 is 2.00 bits per heavy atom. The van der Waals surface area contributed by atoms with Crippen molar-refractivity contribution in [3.8, 4) is 0 Å². The molecule has 2 N–H and O–H groups in total. The molecular weight excluding hydrogens is 212 g/mol. The summed E-state index contributed by atoms with van der Waals surface area (Å²) in [4.78, 5) is 11.5. The van der Waals surface area contributed by atoms with Crippen LogP contribution in [0.5, 0.6) is 0 Å². The monoisotopic (exact) mass is 234 g/mol. The Labute approximate surface area is 104 Å². The van der Waals surface area contributed by atoms with Crippen LogP contribution in [0.15, 0.2) is 24.3 Å². The maximum absolute atomic E-state index is 11.5. The number of unbranched alkanes of at least 4 members (excludes halogenated alkanes) is 1. The molecule has 0 radical (unpaired) electrons. The molecular formula is C14H22N2O. The fraction of sp³-hybridized carbons (Fsp3) is 0.500. The van der Waals surface area contributed by atoms with Crippen molar-refractivity contribution in [2.45, 2.75) is 33.1 Å². The summed E-state index contributed by atoms with van der Waals surface area (Å²) in [6, 6.07) is 8.09. The molecule has 1 amide bonds. The number of nitrogens with one attached hydrogen (secondary N) is 2. The number of aryl methyl sites for hydroxylation is 1. The molecule has 0 heterocycles. The van der Waals surface area contributed by atoms with E-state index in [2.05, 4.69) is 30.5 Å². The van der Waals surface area contributed by atoms with E-state index in [1.807, 2.05) is 18.2 Å². The molecule has 1 aromatic rings. The summed E-state index contributed by atoms with van der Waals surface area (Å²) in [5, 5.41) is 6.07. The van der Waals surface area contributed by atoms with Gasteiger partial charge in [0.15, 0.2) is 0 Å². The van der Waals surface area contributed by atoms with E-state index in [9.17, 15) is 4.79 Å². The minimum atomic E-state index is 0.0596. The van der Waals surface area contributed by atoms with E-state index < -0.39 is 0 Å². The number of benzene rings is 1. The van der Waals surface area contributed by atoms with Crippen LogP contribution < -0.4 is 10.6 Å². The van der Waals surface area contributed by atoms with Crippen LogP contribution in [-0.4, -0.2) is 19.0 Å². The van der Waals surface area contributed by atoms with Crippen LogP contribution in [0.4, 0.5) is 5.69 Å². The minimum Gasteiger partial charge on any atom is -0.376 e. The van der Waals surface area contributed by atoms with Gasteiger partial charge in [-0.2, -0.15) is 0 Å². The SMILES string of the molecule is CCCCNC(=O)CNc1ccccc1CC. The predicted octanol–water partition coefficient (Wildman–Crippen LogP) is 2.58. The zero-order valence-corrected chi connectivity index (χ0v) is 10.8. The lowest BCUT2D eigenvalue weighted by molar-refractivity contribution is -0.119. The van der Waals surface area contributed by atoms with Gasteiger partial charge in [0.25, 0.3) is 0 Å². The second-order valence-corrected chi connectivity index (χ2v) is 4.07. The average Bonchev–Trinajstić information content (AvgIpc) is 2.37. The molecule has 17 heavy (non-hydrogen) atoms. The van der Waals surface area contributed by atoms with E-state index >= 15 is 0 Å². The Hall–Kier alpha value is -1.51. The molecule has 0 atom stereocenters. The molecule has 3 nitrogen and oxygen atoms in total. The number of carbonyl (C=O) groups is 1. The Morgan fingerprint density at radius 1 is 1.24 bits per heavy atom. The first-order valence-electron chi connectivity index (χ1n) is 6.36. The minimum absolute atomic E-state index is 0.0596. The van der Waals surface area contributed by atoms with E-state index in [1.54, 1.807) is 0 Å². The molecule has 0 unspecified atom stereocenters. The summed E-state index contributed by atoms with van der Waals surface area (Å²) >= 11 is 0. The number of para-hydroxylation sites is 1. The van der Waals surface area contributed by atoms with Gasteiger partial charge in [0.2, 0.25) is 5.91 Å². The lowest BCUT2D eigenvalue weighted by Crippen LogP contribution is -2.30. The molecule has 0 aliphatic heterocycles. The van der Waals surface area contributed by atoms with Crippen molar-refractivity contribution in [2.75, 3.05) is 18.4 Å². The van der Waals surface area contributed by atoms with Gasteiger partial charge in [-0.25, -0.2) is 0 Å². The molecule has 3 heteroatoms. The third-order valence-electron chi connectivity index (χ3n) is 2.69. The number of rotatable bonds is 7. The number of carbonyl (C=O) groups excluding carboxylic acids is 1. The molecule has 1 rings (SSSR count). The van der Waals surface area contributed by atoms with E-state index in [0.717, 1.165) is 31.5 Å². The van der Waals surface area contributed by atoms with Crippen LogP contribution in [0.25, 0.3) is 0 Å². The molecule has 0 aliphatic rings. The Morgan fingerprint density at radius 3 is 2.71 bits per heavy atom. The van der Waals surface area contributed by atoms with Gasteiger partial charge >= 0.3 is 0 Å². The van der Waals surface area contributed by atoms with Crippen molar-refractivity contribution in [3.05, 3.63) is 29.8 Å². The topological polar surface area (TPSA) is 41.1 Å². The first kappa shape index (κ1) is 13.6. The van der Waals surface area contributed by atoms with E-state index in [-0.39, 0.29) is 5.91 Å². The molecule has 0 fully saturated rings.